The Morgan fingerprint density at radius 2 is 1.74 bits per heavy atom. The predicted molar refractivity (Wildman–Crippen MR) is 96.3 cm³/mol. The van der Waals surface area contributed by atoms with E-state index in [0.29, 0.717) is 11.6 Å². The molecule has 9 heteroatoms. The van der Waals surface area contributed by atoms with E-state index in [-0.39, 0.29) is 17.2 Å². The first-order chi connectivity index (χ1) is 12.8. The molecule has 27 heavy (non-hydrogen) atoms. The molecule has 0 spiro atoms. The van der Waals surface area contributed by atoms with E-state index in [4.69, 9.17) is 16.3 Å². The molecule has 0 atom stereocenters. The maximum absolute atomic E-state index is 13.2. The van der Waals surface area contributed by atoms with Crippen LogP contribution in [-0.2, 0) is 10.9 Å². The van der Waals surface area contributed by atoms with Crippen molar-refractivity contribution in [3.8, 4) is 0 Å². The highest BCUT2D eigenvalue weighted by Crippen LogP contribution is 2.37. The van der Waals surface area contributed by atoms with Gasteiger partial charge in [0.1, 0.15) is 0 Å². The number of halogens is 4. The van der Waals surface area contributed by atoms with E-state index in [1.807, 2.05) is 0 Å². The summed E-state index contributed by atoms with van der Waals surface area (Å²) in [7, 11) is 0. The molecule has 0 unspecified atom stereocenters. The van der Waals surface area contributed by atoms with Crippen LogP contribution in [0.3, 0.4) is 0 Å². The SMILES string of the molecule is O=c1[nH]c2cc(Cl)c(C(F)(F)F)cc2n1C1CCN(C2CCOCC2)CC1. The van der Waals surface area contributed by atoms with Crippen molar-refractivity contribution < 1.29 is 17.9 Å². The van der Waals surface area contributed by atoms with Crippen molar-refractivity contribution >= 4 is 22.6 Å². The van der Waals surface area contributed by atoms with Gasteiger partial charge in [0.05, 0.1) is 21.6 Å². The zero-order valence-electron chi connectivity index (χ0n) is 14.7. The number of aromatic amines is 1. The molecule has 2 aromatic rings. The summed E-state index contributed by atoms with van der Waals surface area (Å²) >= 11 is 5.77. The van der Waals surface area contributed by atoms with Gasteiger partial charge in [0, 0.05) is 38.4 Å². The second-order valence-corrected chi connectivity index (χ2v) is 7.67. The second kappa shape index (κ2) is 7.14. The Kier molecular flexibility index (Phi) is 4.98. The highest BCUT2D eigenvalue weighted by atomic mass is 35.5. The first-order valence-corrected chi connectivity index (χ1v) is 9.55. The molecule has 5 nitrogen and oxygen atoms in total. The van der Waals surface area contributed by atoms with E-state index in [1.165, 1.54) is 10.6 Å². The molecule has 4 rings (SSSR count). The van der Waals surface area contributed by atoms with Gasteiger partial charge >= 0.3 is 11.9 Å². The summed E-state index contributed by atoms with van der Waals surface area (Å²) in [6.45, 7) is 3.20. The zero-order valence-corrected chi connectivity index (χ0v) is 15.4. The Morgan fingerprint density at radius 1 is 1.07 bits per heavy atom. The fraction of sp³-hybridized carbons (Fsp3) is 0.611. The van der Waals surface area contributed by atoms with Crippen molar-refractivity contribution in [1.29, 1.82) is 0 Å². The number of benzene rings is 1. The summed E-state index contributed by atoms with van der Waals surface area (Å²) in [5.41, 5.74) is -0.694. The molecule has 148 valence electrons. The molecule has 2 aliphatic heterocycles. The van der Waals surface area contributed by atoms with Gasteiger partial charge in [-0.2, -0.15) is 13.2 Å². The van der Waals surface area contributed by atoms with Gasteiger partial charge < -0.3 is 14.6 Å². The van der Waals surface area contributed by atoms with Gasteiger partial charge in [-0.3, -0.25) is 4.57 Å². The van der Waals surface area contributed by atoms with E-state index in [2.05, 4.69) is 9.88 Å². The van der Waals surface area contributed by atoms with Crippen molar-refractivity contribution in [2.24, 2.45) is 0 Å². The van der Waals surface area contributed by atoms with Crippen molar-refractivity contribution in [3.05, 3.63) is 33.2 Å². The van der Waals surface area contributed by atoms with E-state index in [9.17, 15) is 18.0 Å². The number of fused-ring (bicyclic) bond motifs is 1. The number of hydrogen-bond donors (Lipinski definition) is 1. The maximum atomic E-state index is 13.2. The molecule has 0 aliphatic carbocycles. The average Bonchev–Trinajstić information content (AvgIpc) is 2.95. The number of nitrogens with zero attached hydrogens (tertiary/aromatic N) is 2. The third-order valence-corrected chi connectivity index (χ3v) is 5.99. The molecule has 2 aliphatic rings. The number of alkyl halides is 3. The monoisotopic (exact) mass is 403 g/mol. The van der Waals surface area contributed by atoms with Gasteiger partial charge in [0.15, 0.2) is 0 Å². The molecule has 1 N–H and O–H groups in total. The normalized spacial score (nSPS) is 21.2. The summed E-state index contributed by atoms with van der Waals surface area (Å²) in [6.07, 6.45) is -1.09. The number of likely N-dealkylation sites (tertiary alicyclic amines) is 1. The zero-order chi connectivity index (χ0) is 19.2. The number of H-pyrrole nitrogens is 1. The van der Waals surface area contributed by atoms with Crippen LogP contribution < -0.4 is 5.69 Å². The lowest BCUT2D eigenvalue weighted by Crippen LogP contribution is -2.45. The second-order valence-electron chi connectivity index (χ2n) is 7.26. The van der Waals surface area contributed by atoms with Crippen LogP contribution in [0.5, 0.6) is 0 Å². The standard InChI is InChI=1S/C18H21ClF3N3O2/c19-14-10-15-16(9-13(14)18(20,21)22)25(17(26)23-15)12-1-5-24(6-2-12)11-3-7-27-8-4-11/h9-12H,1-8H2,(H,23,26). The van der Waals surface area contributed by atoms with Crippen LogP contribution >= 0.6 is 11.6 Å². The largest absolute Gasteiger partial charge is 0.417 e. The van der Waals surface area contributed by atoms with Crippen molar-refractivity contribution in [2.75, 3.05) is 26.3 Å². The van der Waals surface area contributed by atoms with Gasteiger partial charge in [-0.15, -0.1) is 0 Å². The van der Waals surface area contributed by atoms with Crippen LogP contribution in [0.4, 0.5) is 13.2 Å². The molecule has 2 saturated heterocycles. The van der Waals surface area contributed by atoms with Gasteiger partial charge in [-0.25, -0.2) is 4.79 Å². The Labute approximate surface area is 159 Å². The van der Waals surface area contributed by atoms with Crippen LogP contribution in [0.2, 0.25) is 5.02 Å². The molecular weight excluding hydrogens is 383 g/mol. The number of nitrogens with one attached hydrogen (secondary N) is 1. The van der Waals surface area contributed by atoms with E-state index in [0.717, 1.165) is 58.1 Å². The summed E-state index contributed by atoms with van der Waals surface area (Å²) in [5, 5.41) is -0.405. The van der Waals surface area contributed by atoms with Crippen LogP contribution in [0.15, 0.2) is 16.9 Å². The minimum absolute atomic E-state index is 0.121. The highest BCUT2D eigenvalue weighted by molar-refractivity contribution is 6.32. The van der Waals surface area contributed by atoms with Crippen LogP contribution in [-0.4, -0.2) is 46.8 Å². The van der Waals surface area contributed by atoms with Gasteiger partial charge in [0.25, 0.3) is 0 Å². The third-order valence-electron chi connectivity index (χ3n) is 5.68. The summed E-state index contributed by atoms with van der Waals surface area (Å²) in [4.78, 5) is 17.5. The molecule has 0 bridgehead atoms. The maximum Gasteiger partial charge on any atom is 0.417 e. The van der Waals surface area contributed by atoms with E-state index >= 15 is 0 Å². The number of hydrogen-bond acceptors (Lipinski definition) is 3. The lowest BCUT2D eigenvalue weighted by molar-refractivity contribution is -0.137. The van der Waals surface area contributed by atoms with Gasteiger partial charge in [-0.1, -0.05) is 11.6 Å². The molecule has 0 amide bonds. The molecule has 0 saturated carbocycles. The summed E-state index contributed by atoms with van der Waals surface area (Å²) in [6, 6.07) is 2.55. The van der Waals surface area contributed by atoms with Crippen LogP contribution in [0.25, 0.3) is 11.0 Å². The van der Waals surface area contributed by atoms with Crippen LogP contribution in [0, 0.1) is 0 Å². The molecule has 1 aromatic carbocycles. The molecule has 2 fully saturated rings. The van der Waals surface area contributed by atoms with E-state index < -0.39 is 16.8 Å². The fourth-order valence-corrected chi connectivity index (χ4v) is 4.56. The van der Waals surface area contributed by atoms with Crippen molar-refractivity contribution in [1.82, 2.24) is 14.5 Å². The lowest BCUT2D eigenvalue weighted by atomic mass is 9.99. The Bertz CT molecular complexity index is 878. The molecule has 0 radical (unpaired) electrons. The van der Waals surface area contributed by atoms with Crippen molar-refractivity contribution in [3.63, 3.8) is 0 Å². The van der Waals surface area contributed by atoms with Gasteiger partial charge in [0.2, 0.25) is 0 Å². The smallest absolute Gasteiger partial charge is 0.381 e. The van der Waals surface area contributed by atoms with Crippen molar-refractivity contribution in [2.45, 2.75) is 43.9 Å². The number of ether oxygens (including phenoxy) is 1. The third kappa shape index (κ3) is 3.62. The molecular formula is C18H21ClF3N3O2. The Hall–Kier alpha value is -1.51. The molecule has 1 aromatic heterocycles. The minimum atomic E-state index is -4.56. The average molecular weight is 404 g/mol. The summed E-state index contributed by atoms with van der Waals surface area (Å²) < 4.78 is 46.5. The van der Waals surface area contributed by atoms with Crippen LogP contribution in [0.1, 0.15) is 37.3 Å². The van der Waals surface area contributed by atoms with Gasteiger partial charge in [-0.05, 0) is 37.8 Å². The quantitative estimate of drug-likeness (QED) is 0.829. The number of aromatic nitrogens is 2. The predicted octanol–water partition coefficient (Wildman–Crippen LogP) is 3.82. The topological polar surface area (TPSA) is 50.3 Å². The summed E-state index contributed by atoms with van der Waals surface area (Å²) in [5.74, 6) is 0. The first kappa shape index (κ1) is 18.8. The van der Waals surface area contributed by atoms with E-state index in [1.54, 1.807) is 0 Å². The fourth-order valence-electron chi connectivity index (χ4n) is 4.29. The lowest BCUT2D eigenvalue weighted by Gasteiger charge is -2.39. The first-order valence-electron chi connectivity index (χ1n) is 9.17. The number of imidazole rings is 1. The Morgan fingerprint density at radius 3 is 2.37 bits per heavy atom. The molecule has 3 heterocycles. The number of rotatable bonds is 2. The minimum Gasteiger partial charge on any atom is -0.381 e. The Balaban J connectivity index is 1.60. The number of piperidine rings is 1. The highest BCUT2D eigenvalue weighted by Gasteiger charge is 2.35.